The van der Waals surface area contributed by atoms with Gasteiger partial charge in [0.2, 0.25) is 5.69 Å². The standard InChI is InChI=1S/C24H20N6O2/c1-3-13-31-21-11-9-18(10-12-21)23-19(16-30(29-23)20-7-5-4-6-8-20)15-26-28-24-22(14-25)27-17(2)32-24/h3-12,15-16,28H,1,13H2,2H3/b26-15+. The summed E-state index contributed by atoms with van der Waals surface area (Å²) in [7, 11) is 0. The van der Waals surface area contributed by atoms with Crippen LogP contribution in [0.4, 0.5) is 5.88 Å². The van der Waals surface area contributed by atoms with E-state index in [0.29, 0.717) is 12.5 Å². The predicted molar refractivity (Wildman–Crippen MR) is 122 cm³/mol. The van der Waals surface area contributed by atoms with Gasteiger partial charge in [0.1, 0.15) is 24.1 Å². The Bertz CT molecular complexity index is 1280. The number of oxazole rings is 1. The van der Waals surface area contributed by atoms with E-state index in [1.807, 2.05) is 66.9 Å². The fraction of sp³-hybridized carbons (Fsp3) is 0.0833. The molecule has 2 aromatic carbocycles. The van der Waals surface area contributed by atoms with E-state index in [1.54, 1.807) is 23.9 Å². The van der Waals surface area contributed by atoms with Crippen molar-refractivity contribution in [1.82, 2.24) is 14.8 Å². The number of para-hydroxylation sites is 1. The van der Waals surface area contributed by atoms with Gasteiger partial charge >= 0.3 is 0 Å². The molecule has 0 aliphatic carbocycles. The molecule has 8 heteroatoms. The maximum Gasteiger partial charge on any atom is 0.252 e. The zero-order valence-corrected chi connectivity index (χ0v) is 17.4. The Morgan fingerprint density at radius 2 is 2.00 bits per heavy atom. The summed E-state index contributed by atoms with van der Waals surface area (Å²) < 4.78 is 12.7. The van der Waals surface area contributed by atoms with E-state index in [4.69, 9.17) is 19.5 Å². The fourth-order valence-electron chi connectivity index (χ4n) is 3.02. The van der Waals surface area contributed by atoms with E-state index < -0.39 is 0 Å². The molecule has 0 fully saturated rings. The lowest BCUT2D eigenvalue weighted by molar-refractivity contribution is 0.363. The van der Waals surface area contributed by atoms with Gasteiger partial charge in [-0.15, -0.1) is 0 Å². The second kappa shape index (κ2) is 9.45. The lowest BCUT2D eigenvalue weighted by Crippen LogP contribution is -1.94. The van der Waals surface area contributed by atoms with Crippen LogP contribution < -0.4 is 10.2 Å². The lowest BCUT2D eigenvalue weighted by atomic mass is 10.1. The summed E-state index contributed by atoms with van der Waals surface area (Å²) in [5.41, 5.74) is 6.23. The molecular formula is C24H20N6O2. The van der Waals surface area contributed by atoms with E-state index in [-0.39, 0.29) is 11.6 Å². The SMILES string of the molecule is C=CCOc1ccc(-c2nn(-c3ccccc3)cc2/C=N/Nc2oc(C)nc2C#N)cc1. The van der Waals surface area contributed by atoms with E-state index in [0.717, 1.165) is 28.3 Å². The molecule has 8 nitrogen and oxygen atoms in total. The van der Waals surface area contributed by atoms with Crippen LogP contribution in [0.3, 0.4) is 0 Å². The number of anilines is 1. The summed E-state index contributed by atoms with van der Waals surface area (Å²) in [6, 6.07) is 19.4. The first-order valence-corrected chi connectivity index (χ1v) is 9.83. The minimum Gasteiger partial charge on any atom is -0.490 e. The number of aryl methyl sites for hydroxylation is 1. The number of nitrogens with one attached hydrogen (secondary N) is 1. The molecule has 0 unspecified atom stereocenters. The first kappa shape index (κ1) is 20.6. The van der Waals surface area contributed by atoms with Gasteiger partial charge in [0.25, 0.3) is 5.88 Å². The van der Waals surface area contributed by atoms with Gasteiger partial charge in [-0.25, -0.2) is 15.1 Å². The third-order valence-corrected chi connectivity index (χ3v) is 4.47. The zero-order valence-electron chi connectivity index (χ0n) is 17.4. The average Bonchev–Trinajstić information content (AvgIpc) is 3.42. The topological polar surface area (TPSA) is 101 Å². The monoisotopic (exact) mass is 424 g/mol. The Morgan fingerprint density at radius 3 is 2.72 bits per heavy atom. The minimum atomic E-state index is 0.148. The summed E-state index contributed by atoms with van der Waals surface area (Å²) in [6.07, 6.45) is 5.21. The van der Waals surface area contributed by atoms with Crippen LogP contribution in [0.25, 0.3) is 16.9 Å². The van der Waals surface area contributed by atoms with Gasteiger partial charge in [0, 0.05) is 24.2 Å². The molecule has 0 bridgehead atoms. The summed E-state index contributed by atoms with van der Waals surface area (Å²) in [5, 5.41) is 18.1. The van der Waals surface area contributed by atoms with Crippen molar-refractivity contribution in [2.45, 2.75) is 6.92 Å². The van der Waals surface area contributed by atoms with Crippen LogP contribution in [0.15, 0.2) is 83.0 Å². The quantitative estimate of drug-likeness (QED) is 0.250. The molecule has 0 aliphatic heterocycles. The smallest absolute Gasteiger partial charge is 0.252 e. The molecule has 0 amide bonds. The van der Waals surface area contributed by atoms with Crippen LogP contribution in [-0.2, 0) is 0 Å². The number of hydrogen-bond donors (Lipinski definition) is 1. The third-order valence-electron chi connectivity index (χ3n) is 4.47. The van der Waals surface area contributed by atoms with Crippen LogP contribution in [0.5, 0.6) is 5.75 Å². The largest absolute Gasteiger partial charge is 0.490 e. The maximum atomic E-state index is 9.15. The minimum absolute atomic E-state index is 0.148. The van der Waals surface area contributed by atoms with Gasteiger partial charge in [0.05, 0.1) is 11.9 Å². The van der Waals surface area contributed by atoms with Gasteiger partial charge in [-0.3, -0.25) is 0 Å². The number of rotatable bonds is 8. The van der Waals surface area contributed by atoms with Gasteiger partial charge in [0.15, 0.2) is 5.89 Å². The first-order chi connectivity index (χ1) is 15.7. The number of aromatic nitrogens is 3. The third kappa shape index (κ3) is 4.57. The highest BCUT2D eigenvalue weighted by Gasteiger charge is 2.13. The molecule has 0 saturated heterocycles. The van der Waals surface area contributed by atoms with Gasteiger partial charge < -0.3 is 9.15 Å². The van der Waals surface area contributed by atoms with Crippen LogP contribution in [0, 0.1) is 18.3 Å². The maximum absolute atomic E-state index is 9.15. The first-order valence-electron chi connectivity index (χ1n) is 9.83. The van der Waals surface area contributed by atoms with E-state index in [9.17, 15) is 0 Å². The molecule has 0 saturated carbocycles. The van der Waals surface area contributed by atoms with E-state index >= 15 is 0 Å². The van der Waals surface area contributed by atoms with Gasteiger partial charge in [-0.05, 0) is 36.4 Å². The average molecular weight is 424 g/mol. The zero-order chi connectivity index (χ0) is 22.3. The molecule has 158 valence electrons. The van der Waals surface area contributed by atoms with Gasteiger partial charge in [-0.2, -0.15) is 15.5 Å². The Morgan fingerprint density at radius 1 is 1.22 bits per heavy atom. The van der Waals surface area contributed by atoms with Crippen molar-refractivity contribution in [2.24, 2.45) is 5.10 Å². The van der Waals surface area contributed by atoms with Crippen molar-refractivity contribution in [3.8, 4) is 28.8 Å². The summed E-state index contributed by atoms with van der Waals surface area (Å²) >= 11 is 0. The molecule has 4 rings (SSSR count). The molecular weight excluding hydrogens is 404 g/mol. The molecule has 0 atom stereocenters. The molecule has 2 heterocycles. The lowest BCUT2D eigenvalue weighted by Gasteiger charge is -2.04. The second-order valence-corrected chi connectivity index (χ2v) is 6.73. The van der Waals surface area contributed by atoms with E-state index in [1.165, 1.54) is 0 Å². The number of hydrogen-bond acceptors (Lipinski definition) is 7. The summed E-state index contributed by atoms with van der Waals surface area (Å²) in [6.45, 7) is 5.77. The number of nitrogens with zero attached hydrogens (tertiary/aromatic N) is 5. The van der Waals surface area contributed by atoms with Crippen molar-refractivity contribution in [3.63, 3.8) is 0 Å². The Balaban J connectivity index is 1.66. The van der Waals surface area contributed by atoms with Crippen LogP contribution in [0.2, 0.25) is 0 Å². The van der Waals surface area contributed by atoms with Crippen molar-refractivity contribution in [3.05, 3.63) is 90.6 Å². The fourth-order valence-corrected chi connectivity index (χ4v) is 3.02. The number of benzene rings is 2. The molecule has 0 radical (unpaired) electrons. The van der Waals surface area contributed by atoms with Crippen molar-refractivity contribution in [1.29, 1.82) is 5.26 Å². The Labute approximate surface area is 185 Å². The number of nitriles is 1. The predicted octanol–water partition coefficient (Wildman–Crippen LogP) is 4.72. The molecule has 0 spiro atoms. The highest BCUT2D eigenvalue weighted by Crippen LogP contribution is 2.25. The summed E-state index contributed by atoms with van der Waals surface area (Å²) in [4.78, 5) is 3.99. The Kier molecular flexibility index (Phi) is 6.09. The summed E-state index contributed by atoms with van der Waals surface area (Å²) in [5.74, 6) is 1.33. The molecule has 1 N–H and O–H groups in total. The van der Waals surface area contributed by atoms with Crippen molar-refractivity contribution >= 4 is 12.1 Å². The van der Waals surface area contributed by atoms with Crippen molar-refractivity contribution < 1.29 is 9.15 Å². The van der Waals surface area contributed by atoms with Crippen LogP contribution in [-0.4, -0.2) is 27.6 Å². The van der Waals surface area contributed by atoms with Crippen LogP contribution >= 0.6 is 0 Å². The molecule has 2 aromatic heterocycles. The van der Waals surface area contributed by atoms with Crippen molar-refractivity contribution in [2.75, 3.05) is 12.0 Å². The number of ether oxygens (including phenoxy) is 1. The Hall–Kier alpha value is -4.64. The second-order valence-electron chi connectivity index (χ2n) is 6.73. The van der Waals surface area contributed by atoms with E-state index in [2.05, 4.69) is 22.1 Å². The highest BCUT2D eigenvalue weighted by molar-refractivity contribution is 5.89. The van der Waals surface area contributed by atoms with Crippen LogP contribution in [0.1, 0.15) is 17.1 Å². The molecule has 0 aliphatic rings. The molecule has 32 heavy (non-hydrogen) atoms. The van der Waals surface area contributed by atoms with Gasteiger partial charge in [-0.1, -0.05) is 30.9 Å². The normalized spacial score (nSPS) is 10.8. The number of hydrazone groups is 1. The highest BCUT2D eigenvalue weighted by atomic mass is 16.5. The molecule has 4 aromatic rings.